The summed E-state index contributed by atoms with van der Waals surface area (Å²) in [6.07, 6.45) is 3.82. The summed E-state index contributed by atoms with van der Waals surface area (Å²) in [5.41, 5.74) is 3.90. The Kier molecular flexibility index (Phi) is 1.42. The summed E-state index contributed by atoms with van der Waals surface area (Å²) < 4.78 is 2.11. The van der Waals surface area contributed by atoms with Gasteiger partial charge in [0.05, 0.1) is 5.69 Å². The maximum Gasteiger partial charge on any atom is 0.207 e. The average molecular weight is 185 g/mol. The number of hydrogen-bond acceptors (Lipinski definition) is 2. The van der Waals surface area contributed by atoms with Gasteiger partial charge < -0.3 is 5.32 Å². The molecule has 2 heterocycles. The molecule has 0 unspecified atom stereocenters. The Morgan fingerprint density at radius 1 is 1.43 bits per heavy atom. The van der Waals surface area contributed by atoms with Gasteiger partial charge in [-0.1, -0.05) is 18.2 Å². The third-order valence-corrected chi connectivity index (χ3v) is 2.64. The SMILES string of the molecule is Cc1cccc2c1-n1ccnc1NC2. The van der Waals surface area contributed by atoms with Crippen LogP contribution in [0.25, 0.3) is 5.69 Å². The monoisotopic (exact) mass is 185 g/mol. The van der Waals surface area contributed by atoms with Crippen molar-refractivity contribution in [1.82, 2.24) is 9.55 Å². The minimum absolute atomic E-state index is 0.869. The van der Waals surface area contributed by atoms with Gasteiger partial charge in [-0.25, -0.2) is 4.98 Å². The second-order valence-corrected chi connectivity index (χ2v) is 3.56. The van der Waals surface area contributed by atoms with E-state index in [0.717, 1.165) is 12.5 Å². The first-order chi connectivity index (χ1) is 6.86. The van der Waals surface area contributed by atoms with E-state index in [2.05, 4.69) is 40.0 Å². The van der Waals surface area contributed by atoms with Gasteiger partial charge in [-0.2, -0.15) is 0 Å². The molecular weight excluding hydrogens is 174 g/mol. The van der Waals surface area contributed by atoms with E-state index in [1.165, 1.54) is 16.8 Å². The fourth-order valence-corrected chi connectivity index (χ4v) is 2.00. The molecule has 70 valence electrons. The maximum atomic E-state index is 4.25. The van der Waals surface area contributed by atoms with Crippen molar-refractivity contribution in [3.63, 3.8) is 0 Å². The van der Waals surface area contributed by atoms with Gasteiger partial charge in [0, 0.05) is 18.9 Å². The van der Waals surface area contributed by atoms with Crippen molar-refractivity contribution in [2.24, 2.45) is 0 Å². The molecule has 0 amide bonds. The molecule has 0 fully saturated rings. The van der Waals surface area contributed by atoms with Crippen LogP contribution in [-0.4, -0.2) is 9.55 Å². The van der Waals surface area contributed by atoms with Crippen LogP contribution in [0.2, 0.25) is 0 Å². The minimum atomic E-state index is 0.869. The first-order valence-electron chi connectivity index (χ1n) is 4.72. The summed E-state index contributed by atoms with van der Waals surface area (Å²) in [6.45, 7) is 3.00. The van der Waals surface area contributed by atoms with Crippen molar-refractivity contribution >= 4 is 5.95 Å². The number of para-hydroxylation sites is 1. The van der Waals surface area contributed by atoms with Gasteiger partial charge in [0.1, 0.15) is 0 Å². The number of aryl methyl sites for hydroxylation is 1. The predicted octanol–water partition coefficient (Wildman–Crippen LogP) is 2.11. The second kappa shape index (κ2) is 2.61. The number of benzene rings is 1. The molecular formula is C11H11N3. The van der Waals surface area contributed by atoms with E-state index in [-0.39, 0.29) is 0 Å². The third-order valence-electron chi connectivity index (χ3n) is 2.64. The van der Waals surface area contributed by atoms with Crippen LogP contribution in [0.5, 0.6) is 0 Å². The van der Waals surface area contributed by atoms with Crippen LogP contribution >= 0.6 is 0 Å². The molecule has 3 rings (SSSR count). The van der Waals surface area contributed by atoms with Crippen molar-refractivity contribution in [2.75, 3.05) is 5.32 Å². The number of aromatic nitrogens is 2. The molecule has 0 atom stereocenters. The molecule has 0 saturated carbocycles. The van der Waals surface area contributed by atoms with Crippen molar-refractivity contribution in [1.29, 1.82) is 0 Å². The van der Waals surface area contributed by atoms with Crippen LogP contribution in [-0.2, 0) is 6.54 Å². The number of nitrogens with one attached hydrogen (secondary N) is 1. The Morgan fingerprint density at radius 3 is 3.29 bits per heavy atom. The van der Waals surface area contributed by atoms with E-state index in [1.807, 2.05) is 12.4 Å². The molecule has 0 radical (unpaired) electrons. The molecule has 0 saturated heterocycles. The van der Waals surface area contributed by atoms with E-state index < -0.39 is 0 Å². The summed E-state index contributed by atoms with van der Waals surface area (Å²) in [5, 5.41) is 3.28. The van der Waals surface area contributed by atoms with E-state index >= 15 is 0 Å². The van der Waals surface area contributed by atoms with Crippen LogP contribution in [0.15, 0.2) is 30.6 Å². The quantitative estimate of drug-likeness (QED) is 0.681. The standard InChI is InChI=1S/C11H11N3/c1-8-3-2-4-9-7-13-11-12-5-6-14(11)10(8)9/h2-6H,7H2,1H3,(H,12,13). The molecule has 0 spiro atoms. The lowest BCUT2D eigenvalue weighted by atomic mass is 10.1. The number of fused-ring (bicyclic) bond motifs is 3. The maximum absolute atomic E-state index is 4.25. The van der Waals surface area contributed by atoms with E-state index in [0.29, 0.717) is 0 Å². The summed E-state index contributed by atoms with van der Waals surface area (Å²) in [6, 6.07) is 6.38. The molecule has 1 aliphatic heterocycles. The van der Waals surface area contributed by atoms with E-state index in [1.54, 1.807) is 0 Å². The van der Waals surface area contributed by atoms with Crippen LogP contribution < -0.4 is 5.32 Å². The van der Waals surface area contributed by atoms with Gasteiger partial charge in [0.15, 0.2) is 0 Å². The minimum Gasteiger partial charge on any atom is -0.351 e. The van der Waals surface area contributed by atoms with Gasteiger partial charge >= 0.3 is 0 Å². The molecule has 3 nitrogen and oxygen atoms in total. The van der Waals surface area contributed by atoms with Crippen molar-refractivity contribution < 1.29 is 0 Å². The smallest absolute Gasteiger partial charge is 0.207 e. The molecule has 1 aliphatic rings. The van der Waals surface area contributed by atoms with E-state index in [9.17, 15) is 0 Å². The van der Waals surface area contributed by atoms with Gasteiger partial charge in [0.2, 0.25) is 5.95 Å². The Balaban J connectivity index is 2.34. The third kappa shape index (κ3) is 0.894. The predicted molar refractivity (Wildman–Crippen MR) is 55.6 cm³/mol. The van der Waals surface area contributed by atoms with Crippen LogP contribution in [0, 0.1) is 6.92 Å². The lowest BCUT2D eigenvalue weighted by Gasteiger charge is -2.21. The van der Waals surface area contributed by atoms with Gasteiger partial charge in [-0.05, 0) is 18.1 Å². The van der Waals surface area contributed by atoms with Gasteiger partial charge in [-0.3, -0.25) is 4.57 Å². The zero-order chi connectivity index (χ0) is 9.54. The van der Waals surface area contributed by atoms with E-state index in [4.69, 9.17) is 0 Å². The molecule has 2 aromatic rings. The molecule has 1 aromatic carbocycles. The summed E-state index contributed by atoms with van der Waals surface area (Å²) >= 11 is 0. The Bertz CT molecular complexity index is 485. The summed E-state index contributed by atoms with van der Waals surface area (Å²) in [7, 11) is 0. The first kappa shape index (κ1) is 7.62. The largest absolute Gasteiger partial charge is 0.351 e. The average Bonchev–Trinajstić information content (AvgIpc) is 2.65. The second-order valence-electron chi connectivity index (χ2n) is 3.56. The van der Waals surface area contributed by atoms with Crippen molar-refractivity contribution in [3.8, 4) is 5.69 Å². The molecule has 1 N–H and O–H groups in total. The zero-order valence-electron chi connectivity index (χ0n) is 7.99. The zero-order valence-corrected chi connectivity index (χ0v) is 7.99. The van der Waals surface area contributed by atoms with Crippen molar-refractivity contribution in [3.05, 3.63) is 41.7 Å². The normalized spacial score (nSPS) is 12.9. The highest BCUT2D eigenvalue weighted by molar-refractivity contribution is 5.56. The highest BCUT2D eigenvalue weighted by atomic mass is 15.2. The number of hydrogen-bond donors (Lipinski definition) is 1. The van der Waals surface area contributed by atoms with Crippen molar-refractivity contribution in [2.45, 2.75) is 13.5 Å². The van der Waals surface area contributed by atoms with Gasteiger partial charge in [0.25, 0.3) is 0 Å². The summed E-state index contributed by atoms with van der Waals surface area (Å²) in [4.78, 5) is 4.25. The Hall–Kier alpha value is -1.77. The van der Waals surface area contributed by atoms with Crippen LogP contribution in [0.3, 0.4) is 0 Å². The lowest BCUT2D eigenvalue weighted by Crippen LogP contribution is -2.15. The molecule has 1 aromatic heterocycles. The number of anilines is 1. The van der Waals surface area contributed by atoms with Crippen LogP contribution in [0.1, 0.15) is 11.1 Å². The molecule has 14 heavy (non-hydrogen) atoms. The highest BCUT2D eigenvalue weighted by Gasteiger charge is 2.16. The van der Waals surface area contributed by atoms with Crippen LogP contribution in [0.4, 0.5) is 5.95 Å². The fourth-order valence-electron chi connectivity index (χ4n) is 2.00. The first-order valence-corrected chi connectivity index (χ1v) is 4.72. The Morgan fingerprint density at radius 2 is 2.36 bits per heavy atom. The topological polar surface area (TPSA) is 29.9 Å². The molecule has 3 heteroatoms. The Labute approximate surface area is 82.4 Å². The number of nitrogens with zero attached hydrogens (tertiary/aromatic N) is 2. The number of rotatable bonds is 0. The number of imidazole rings is 1. The highest BCUT2D eigenvalue weighted by Crippen LogP contribution is 2.27. The summed E-state index contributed by atoms with van der Waals surface area (Å²) in [5.74, 6) is 0.937. The van der Waals surface area contributed by atoms with Gasteiger partial charge in [-0.15, -0.1) is 0 Å². The molecule has 0 bridgehead atoms. The lowest BCUT2D eigenvalue weighted by molar-refractivity contribution is 0.923. The molecule has 0 aliphatic carbocycles. The fraction of sp³-hybridized carbons (Fsp3) is 0.182.